The number of carbonyl (C=O) groups is 3. The van der Waals surface area contributed by atoms with E-state index in [1.807, 2.05) is 24.4 Å². The van der Waals surface area contributed by atoms with Gasteiger partial charge in [0.25, 0.3) is 5.91 Å². The summed E-state index contributed by atoms with van der Waals surface area (Å²) in [5.74, 6) is -0.631. The third-order valence-electron chi connectivity index (χ3n) is 3.57. The maximum atomic E-state index is 12.4. The molecule has 0 aliphatic carbocycles. The normalized spacial score (nSPS) is 13.6. The Bertz CT molecular complexity index is 836. The monoisotopic (exact) mass is 392 g/mol. The molecule has 26 heavy (non-hydrogen) atoms. The number of hydrogen-bond donors (Lipinski definition) is 0. The van der Waals surface area contributed by atoms with E-state index in [1.165, 1.54) is 11.8 Å². The van der Waals surface area contributed by atoms with Crippen LogP contribution in [0.25, 0.3) is 0 Å². The molecule has 1 aromatic carbocycles. The van der Waals surface area contributed by atoms with Crippen LogP contribution in [-0.2, 0) is 20.0 Å². The van der Waals surface area contributed by atoms with E-state index in [0.717, 1.165) is 20.5 Å². The van der Waals surface area contributed by atoms with Gasteiger partial charge < -0.3 is 9.47 Å². The molecule has 136 valence electrons. The van der Waals surface area contributed by atoms with Gasteiger partial charge in [-0.25, -0.2) is 19.5 Å². The standard InChI is InChI=1S/C17H16N2O5S2/c1-11-9-25-16(18-11)26-10-12-4-2-3-5-13(12)15(21)24-8-14(20)19-6-7-23-17(19)22/h2-5,9H,6-8,10H2,1H3. The van der Waals surface area contributed by atoms with Gasteiger partial charge in [0, 0.05) is 16.8 Å². The minimum Gasteiger partial charge on any atom is -0.452 e. The van der Waals surface area contributed by atoms with Crippen molar-refractivity contribution in [3.05, 3.63) is 46.5 Å². The number of esters is 1. The molecule has 1 fully saturated rings. The molecule has 2 amide bonds. The largest absolute Gasteiger partial charge is 0.452 e. The molecule has 1 aromatic heterocycles. The van der Waals surface area contributed by atoms with E-state index in [9.17, 15) is 14.4 Å². The van der Waals surface area contributed by atoms with Crippen molar-refractivity contribution in [1.29, 1.82) is 0 Å². The average Bonchev–Trinajstić information content (AvgIpc) is 3.26. The number of hydrogen-bond acceptors (Lipinski definition) is 8. The number of aromatic nitrogens is 1. The fourth-order valence-corrected chi connectivity index (χ4v) is 4.14. The van der Waals surface area contributed by atoms with E-state index in [4.69, 9.17) is 9.47 Å². The van der Waals surface area contributed by atoms with E-state index < -0.39 is 24.6 Å². The highest BCUT2D eigenvalue weighted by Gasteiger charge is 2.29. The molecule has 2 aromatic rings. The van der Waals surface area contributed by atoms with Gasteiger partial charge in [-0.1, -0.05) is 30.0 Å². The molecular weight excluding hydrogens is 376 g/mol. The van der Waals surface area contributed by atoms with Gasteiger partial charge in [0.2, 0.25) is 0 Å². The van der Waals surface area contributed by atoms with Gasteiger partial charge in [-0.05, 0) is 18.6 Å². The number of amides is 2. The van der Waals surface area contributed by atoms with Crippen LogP contribution in [0.15, 0.2) is 34.0 Å². The van der Waals surface area contributed by atoms with Gasteiger partial charge >= 0.3 is 12.1 Å². The molecule has 3 rings (SSSR count). The summed E-state index contributed by atoms with van der Waals surface area (Å²) >= 11 is 3.09. The van der Waals surface area contributed by atoms with Crippen molar-refractivity contribution < 1.29 is 23.9 Å². The lowest BCUT2D eigenvalue weighted by molar-refractivity contribution is -0.131. The number of rotatable bonds is 6. The highest BCUT2D eigenvalue weighted by molar-refractivity contribution is 8.00. The Kier molecular flexibility index (Phi) is 5.89. The Morgan fingerprint density at radius 2 is 2.19 bits per heavy atom. The fraction of sp³-hybridized carbons (Fsp3) is 0.294. The summed E-state index contributed by atoms with van der Waals surface area (Å²) in [6.45, 7) is 1.77. The average molecular weight is 392 g/mol. The van der Waals surface area contributed by atoms with Crippen LogP contribution in [0.4, 0.5) is 4.79 Å². The summed E-state index contributed by atoms with van der Waals surface area (Å²) in [5, 5.41) is 1.97. The van der Waals surface area contributed by atoms with Crippen LogP contribution in [0.3, 0.4) is 0 Å². The number of carbonyl (C=O) groups excluding carboxylic acids is 3. The third-order valence-corrected chi connectivity index (χ3v) is 5.76. The zero-order valence-corrected chi connectivity index (χ0v) is 15.6. The maximum Gasteiger partial charge on any atom is 0.416 e. The molecule has 9 heteroatoms. The number of nitrogens with zero attached hydrogens (tertiary/aromatic N) is 2. The highest BCUT2D eigenvalue weighted by Crippen LogP contribution is 2.27. The molecule has 1 aliphatic heterocycles. The molecule has 7 nitrogen and oxygen atoms in total. The van der Waals surface area contributed by atoms with E-state index >= 15 is 0 Å². The number of imide groups is 1. The van der Waals surface area contributed by atoms with Crippen molar-refractivity contribution in [3.8, 4) is 0 Å². The molecule has 2 heterocycles. The van der Waals surface area contributed by atoms with Gasteiger partial charge in [-0.2, -0.15) is 0 Å². The van der Waals surface area contributed by atoms with Gasteiger partial charge in [-0.15, -0.1) is 11.3 Å². The van der Waals surface area contributed by atoms with Gasteiger partial charge in [0.15, 0.2) is 6.61 Å². The van der Waals surface area contributed by atoms with Crippen molar-refractivity contribution >= 4 is 41.1 Å². The summed E-state index contributed by atoms with van der Waals surface area (Å²) in [5.41, 5.74) is 2.15. The summed E-state index contributed by atoms with van der Waals surface area (Å²) in [6, 6.07) is 7.06. The van der Waals surface area contributed by atoms with Crippen LogP contribution >= 0.6 is 23.1 Å². The number of aryl methyl sites for hydroxylation is 1. The quantitative estimate of drug-likeness (QED) is 0.552. The minimum absolute atomic E-state index is 0.162. The fourth-order valence-electron chi connectivity index (χ4n) is 2.29. The van der Waals surface area contributed by atoms with E-state index in [0.29, 0.717) is 11.3 Å². The Labute approximate surface area is 158 Å². The lowest BCUT2D eigenvalue weighted by Gasteiger charge is -2.12. The first-order chi connectivity index (χ1) is 12.5. The van der Waals surface area contributed by atoms with Crippen molar-refractivity contribution in [2.75, 3.05) is 19.8 Å². The second kappa shape index (κ2) is 8.33. The number of benzene rings is 1. The molecule has 0 saturated carbocycles. The molecule has 0 N–H and O–H groups in total. The summed E-state index contributed by atoms with van der Waals surface area (Å²) in [4.78, 5) is 40.9. The Morgan fingerprint density at radius 3 is 2.88 bits per heavy atom. The summed E-state index contributed by atoms with van der Waals surface area (Å²) in [7, 11) is 0. The zero-order chi connectivity index (χ0) is 18.5. The topological polar surface area (TPSA) is 85.8 Å². The third kappa shape index (κ3) is 4.41. The highest BCUT2D eigenvalue weighted by atomic mass is 32.2. The lowest BCUT2D eigenvalue weighted by Crippen LogP contribution is -2.35. The number of cyclic esters (lactones) is 1. The van der Waals surface area contributed by atoms with Crippen molar-refractivity contribution in [2.24, 2.45) is 0 Å². The Balaban J connectivity index is 1.60. The predicted molar refractivity (Wildman–Crippen MR) is 96.2 cm³/mol. The smallest absolute Gasteiger partial charge is 0.416 e. The number of ether oxygens (including phenoxy) is 2. The van der Waals surface area contributed by atoms with E-state index in [-0.39, 0.29) is 13.2 Å². The first-order valence-electron chi connectivity index (χ1n) is 7.81. The lowest BCUT2D eigenvalue weighted by atomic mass is 10.1. The van der Waals surface area contributed by atoms with Gasteiger partial charge in [-0.3, -0.25) is 4.79 Å². The maximum absolute atomic E-state index is 12.4. The van der Waals surface area contributed by atoms with Gasteiger partial charge in [0.05, 0.1) is 12.1 Å². The molecule has 0 radical (unpaired) electrons. The molecular formula is C17H16N2O5S2. The Morgan fingerprint density at radius 1 is 1.38 bits per heavy atom. The van der Waals surface area contributed by atoms with Crippen LogP contribution in [0.2, 0.25) is 0 Å². The molecule has 0 bridgehead atoms. The van der Waals surface area contributed by atoms with Gasteiger partial charge in [0.1, 0.15) is 10.9 Å². The predicted octanol–water partition coefficient (Wildman–Crippen LogP) is 2.88. The first kappa shape index (κ1) is 18.4. The number of thiazole rings is 1. The van der Waals surface area contributed by atoms with E-state index in [2.05, 4.69) is 4.98 Å². The molecule has 0 spiro atoms. The van der Waals surface area contributed by atoms with Crippen LogP contribution in [-0.4, -0.2) is 47.6 Å². The van der Waals surface area contributed by atoms with Crippen molar-refractivity contribution in [1.82, 2.24) is 9.88 Å². The molecule has 1 aliphatic rings. The second-order valence-corrected chi connectivity index (χ2v) is 7.52. The second-order valence-electron chi connectivity index (χ2n) is 5.44. The SMILES string of the molecule is Cc1csc(SCc2ccccc2C(=O)OCC(=O)N2CCOC2=O)n1. The van der Waals surface area contributed by atoms with Crippen LogP contribution in [0, 0.1) is 6.92 Å². The molecule has 1 saturated heterocycles. The van der Waals surface area contributed by atoms with Crippen LogP contribution in [0.5, 0.6) is 0 Å². The summed E-state index contributed by atoms with van der Waals surface area (Å²) < 4.78 is 10.7. The van der Waals surface area contributed by atoms with Crippen molar-refractivity contribution in [2.45, 2.75) is 17.0 Å². The van der Waals surface area contributed by atoms with Crippen LogP contribution in [0.1, 0.15) is 21.6 Å². The molecule has 0 unspecified atom stereocenters. The van der Waals surface area contributed by atoms with Crippen LogP contribution < -0.4 is 0 Å². The van der Waals surface area contributed by atoms with Crippen molar-refractivity contribution in [3.63, 3.8) is 0 Å². The van der Waals surface area contributed by atoms with E-state index in [1.54, 1.807) is 23.5 Å². The minimum atomic E-state index is -0.707. The Hall–Kier alpha value is -2.39. The summed E-state index contributed by atoms with van der Waals surface area (Å²) in [6.07, 6.45) is -0.707. The molecule has 0 atom stereocenters. The number of thioether (sulfide) groups is 1. The zero-order valence-electron chi connectivity index (χ0n) is 14.0. The first-order valence-corrected chi connectivity index (χ1v) is 9.68.